The first-order valence-corrected chi connectivity index (χ1v) is 9.35. The fraction of sp³-hybridized carbons (Fsp3) is 0.412. The molecule has 1 aliphatic rings. The highest BCUT2D eigenvalue weighted by Gasteiger charge is 2.39. The summed E-state index contributed by atoms with van der Waals surface area (Å²) in [6.45, 7) is 2.81. The van der Waals surface area contributed by atoms with E-state index in [4.69, 9.17) is 0 Å². The molecule has 1 aromatic heterocycles. The summed E-state index contributed by atoms with van der Waals surface area (Å²) >= 11 is 5.18. The third-order valence-electron chi connectivity index (χ3n) is 4.04. The summed E-state index contributed by atoms with van der Waals surface area (Å²) in [5.41, 5.74) is 2.48. The van der Waals surface area contributed by atoms with Crippen LogP contribution in [-0.2, 0) is 6.54 Å². The van der Waals surface area contributed by atoms with E-state index < -0.39 is 0 Å². The van der Waals surface area contributed by atoms with Crippen LogP contribution in [0.15, 0.2) is 39.1 Å². The van der Waals surface area contributed by atoms with E-state index in [1.807, 2.05) is 14.0 Å². The average molecular weight is 393 g/mol. The zero-order valence-corrected chi connectivity index (χ0v) is 16.0. The highest BCUT2D eigenvalue weighted by atomic mass is 79.9. The predicted molar refractivity (Wildman–Crippen MR) is 100 cm³/mol. The second kappa shape index (κ2) is 7.01. The van der Waals surface area contributed by atoms with Crippen LogP contribution < -0.4 is 5.32 Å². The first kappa shape index (κ1) is 16.5. The maximum Gasteiger partial charge on any atom is 0.193 e. The van der Waals surface area contributed by atoms with Crippen molar-refractivity contribution in [2.75, 3.05) is 14.1 Å². The Morgan fingerprint density at radius 3 is 2.78 bits per heavy atom. The van der Waals surface area contributed by atoms with E-state index in [0.29, 0.717) is 12.0 Å². The Morgan fingerprint density at radius 2 is 2.17 bits per heavy atom. The molecule has 1 aliphatic carbocycles. The van der Waals surface area contributed by atoms with Gasteiger partial charge in [-0.25, -0.2) is 4.98 Å². The van der Waals surface area contributed by atoms with E-state index in [2.05, 4.69) is 72.8 Å². The van der Waals surface area contributed by atoms with E-state index in [-0.39, 0.29) is 0 Å². The maximum absolute atomic E-state index is 4.52. The first-order chi connectivity index (χ1) is 11.1. The van der Waals surface area contributed by atoms with Crippen molar-refractivity contribution in [2.45, 2.75) is 31.8 Å². The molecule has 0 aliphatic heterocycles. The van der Waals surface area contributed by atoms with Crippen LogP contribution >= 0.6 is 27.3 Å². The number of nitrogens with zero attached hydrogens (tertiary/aromatic N) is 3. The second-order valence-electron chi connectivity index (χ2n) is 5.91. The van der Waals surface area contributed by atoms with Gasteiger partial charge >= 0.3 is 0 Å². The zero-order valence-electron chi connectivity index (χ0n) is 13.6. The minimum Gasteiger partial charge on any atom is -0.353 e. The molecule has 1 aromatic carbocycles. The molecule has 2 atom stereocenters. The van der Waals surface area contributed by atoms with E-state index in [1.165, 1.54) is 5.56 Å². The van der Waals surface area contributed by atoms with Crippen LogP contribution in [-0.4, -0.2) is 36.0 Å². The van der Waals surface area contributed by atoms with Gasteiger partial charge in [-0.05, 0) is 31.0 Å². The van der Waals surface area contributed by atoms with Crippen molar-refractivity contribution < 1.29 is 0 Å². The van der Waals surface area contributed by atoms with Crippen LogP contribution in [0.1, 0.15) is 28.6 Å². The number of aryl methyl sites for hydroxylation is 1. The second-order valence-corrected chi connectivity index (χ2v) is 7.88. The molecular formula is C17H21BrN4S. The predicted octanol–water partition coefficient (Wildman–Crippen LogP) is 3.78. The van der Waals surface area contributed by atoms with E-state index in [9.17, 15) is 0 Å². The van der Waals surface area contributed by atoms with Gasteiger partial charge in [-0.1, -0.05) is 28.1 Å². The molecule has 6 heteroatoms. The minimum absolute atomic E-state index is 0.467. The van der Waals surface area contributed by atoms with E-state index >= 15 is 0 Å². The van der Waals surface area contributed by atoms with Crippen LogP contribution in [0.25, 0.3) is 0 Å². The SMILES string of the molecule is CN=C(NC1CC1c1ccc(Br)cc1)N(C)Cc1csc(C)n1. The molecule has 4 nitrogen and oxygen atoms in total. The fourth-order valence-electron chi connectivity index (χ4n) is 2.74. The van der Waals surface area contributed by atoms with Gasteiger partial charge in [-0.2, -0.15) is 0 Å². The van der Waals surface area contributed by atoms with Gasteiger partial charge < -0.3 is 10.2 Å². The molecule has 2 unspecified atom stereocenters. The number of hydrogen-bond acceptors (Lipinski definition) is 3. The Labute approximate surface area is 149 Å². The van der Waals surface area contributed by atoms with E-state index in [1.54, 1.807) is 11.3 Å². The molecule has 1 saturated carbocycles. The standard InChI is InChI=1S/C17H21BrN4S/c1-11-20-14(10-23-11)9-22(3)17(19-2)21-16-8-15(16)12-4-6-13(18)7-5-12/h4-7,10,15-16H,8-9H2,1-3H3,(H,19,21). The van der Waals surface area contributed by atoms with Crippen LogP contribution in [0.3, 0.4) is 0 Å². The molecule has 1 fully saturated rings. The Kier molecular flexibility index (Phi) is 5.02. The summed E-state index contributed by atoms with van der Waals surface area (Å²) in [6.07, 6.45) is 1.16. The molecule has 0 amide bonds. The lowest BCUT2D eigenvalue weighted by Gasteiger charge is -2.21. The minimum atomic E-state index is 0.467. The molecular weight excluding hydrogens is 372 g/mol. The first-order valence-electron chi connectivity index (χ1n) is 7.67. The van der Waals surface area contributed by atoms with Crippen molar-refractivity contribution in [1.29, 1.82) is 0 Å². The molecule has 0 saturated heterocycles. The zero-order chi connectivity index (χ0) is 16.4. The number of nitrogens with one attached hydrogen (secondary N) is 1. The van der Waals surface area contributed by atoms with Gasteiger partial charge in [0.1, 0.15) is 0 Å². The van der Waals surface area contributed by atoms with Gasteiger partial charge in [0.2, 0.25) is 0 Å². The number of guanidine groups is 1. The summed E-state index contributed by atoms with van der Waals surface area (Å²) in [5.74, 6) is 1.51. The number of thiazole rings is 1. The molecule has 122 valence electrons. The quantitative estimate of drug-likeness (QED) is 0.635. The largest absolute Gasteiger partial charge is 0.353 e. The highest BCUT2D eigenvalue weighted by Crippen LogP contribution is 2.41. The third-order valence-corrected chi connectivity index (χ3v) is 5.39. The number of halogens is 1. The van der Waals surface area contributed by atoms with Gasteiger partial charge in [-0.3, -0.25) is 4.99 Å². The molecule has 1 heterocycles. The Balaban J connectivity index is 1.57. The Hall–Kier alpha value is -1.40. The van der Waals surface area contributed by atoms with Crippen molar-refractivity contribution in [3.63, 3.8) is 0 Å². The van der Waals surface area contributed by atoms with Crippen LogP contribution in [0.5, 0.6) is 0 Å². The fourth-order valence-corrected chi connectivity index (χ4v) is 3.61. The van der Waals surface area contributed by atoms with Gasteiger partial charge in [0.05, 0.1) is 17.2 Å². The molecule has 23 heavy (non-hydrogen) atoms. The summed E-state index contributed by atoms with van der Waals surface area (Å²) in [4.78, 5) is 11.1. The van der Waals surface area contributed by atoms with Crippen molar-refractivity contribution in [1.82, 2.24) is 15.2 Å². The lowest BCUT2D eigenvalue weighted by molar-refractivity contribution is 0.469. The highest BCUT2D eigenvalue weighted by molar-refractivity contribution is 9.10. The summed E-state index contributed by atoms with van der Waals surface area (Å²) in [5, 5.41) is 6.79. The van der Waals surface area contributed by atoms with Gasteiger partial charge in [0.15, 0.2) is 5.96 Å². The number of benzene rings is 1. The lowest BCUT2D eigenvalue weighted by atomic mass is 10.1. The van der Waals surface area contributed by atoms with Crippen molar-refractivity contribution in [2.24, 2.45) is 4.99 Å². The van der Waals surface area contributed by atoms with E-state index in [0.717, 1.165) is 34.1 Å². The number of aromatic nitrogens is 1. The van der Waals surface area contributed by atoms with Gasteiger partial charge in [0, 0.05) is 35.9 Å². The Bertz CT molecular complexity index is 695. The van der Waals surface area contributed by atoms with Crippen LogP contribution in [0, 0.1) is 6.92 Å². The van der Waals surface area contributed by atoms with Crippen molar-refractivity contribution in [3.8, 4) is 0 Å². The van der Waals surface area contributed by atoms with Crippen molar-refractivity contribution in [3.05, 3.63) is 50.4 Å². The van der Waals surface area contributed by atoms with Crippen LogP contribution in [0.2, 0.25) is 0 Å². The number of aliphatic imine (C=N–C) groups is 1. The number of rotatable bonds is 4. The molecule has 3 rings (SSSR count). The lowest BCUT2D eigenvalue weighted by Crippen LogP contribution is -2.40. The average Bonchev–Trinajstić information content (AvgIpc) is 3.19. The summed E-state index contributed by atoms with van der Waals surface area (Å²) < 4.78 is 1.13. The monoisotopic (exact) mass is 392 g/mol. The van der Waals surface area contributed by atoms with Gasteiger partial charge in [-0.15, -0.1) is 11.3 Å². The topological polar surface area (TPSA) is 40.5 Å². The molecule has 0 radical (unpaired) electrons. The molecule has 0 bridgehead atoms. The third kappa shape index (κ3) is 4.12. The molecule has 0 spiro atoms. The smallest absolute Gasteiger partial charge is 0.193 e. The number of hydrogen-bond donors (Lipinski definition) is 1. The summed E-state index contributed by atoms with van der Waals surface area (Å²) in [6, 6.07) is 9.07. The van der Waals surface area contributed by atoms with Gasteiger partial charge in [0.25, 0.3) is 0 Å². The molecule has 2 aromatic rings. The normalized spacial score (nSPS) is 20.4. The van der Waals surface area contributed by atoms with Crippen molar-refractivity contribution >= 4 is 33.2 Å². The molecule has 1 N–H and O–H groups in total. The van der Waals surface area contributed by atoms with Crippen LogP contribution in [0.4, 0.5) is 0 Å². The Morgan fingerprint density at radius 1 is 1.43 bits per heavy atom. The summed E-state index contributed by atoms with van der Waals surface area (Å²) in [7, 11) is 3.89. The maximum atomic E-state index is 4.52.